The van der Waals surface area contributed by atoms with Gasteiger partial charge in [0.1, 0.15) is 0 Å². The smallest absolute Gasteiger partial charge is 1.00 e. The maximum absolute atomic E-state index is 9.53. The average Bonchev–Trinajstić information content (AvgIpc) is 2.23. The van der Waals surface area contributed by atoms with Gasteiger partial charge in [0, 0.05) is 0 Å². The minimum absolute atomic E-state index is 0. The van der Waals surface area contributed by atoms with Crippen LogP contribution in [-0.2, 0) is 26.2 Å². The summed E-state index contributed by atoms with van der Waals surface area (Å²) in [6, 6.07) is 0. The molecule has 0 aliphatic carbocycles. The summed E-state index contributed by atoms with van der Waals surface area (Å²) in [7, 11) is 0. The second-order valence-corrected chi connectivity index (χ2v) is 3.17. The molecule has 0 unspecified atom stereocenters. The Kier molecular flexibility index (Phi) is 57.6. The maximum atomic E-state index is 9.53. The van der Waals surface area contributed by atoms with Gasteiger partial charge in [-0.1, -0.05) is 59.3 Å². The van der Waals surface area contributed by atoms with E-state index in [1.165, 1.54) is 0 Å². The fourth-order valence-electron chi connectivity index (χ4n) is 0.433. The summed E-state index contributed by atoms with van der Waals surface area (Å²) in [4.78, 5) is 0. The molecule has 0 aliphatic heterocycles. The van der Waals surface area contributed by atoms with Gasteiger partial charge in [0.05, 0.1) is 0 Å². The predicted octanol–water partition coefficient (Wildman–Crippen LogP) is 0.550. The number of hydrogen-bond donors (Lipinski definition) is 0. The molecule has 0 aromatic carbocycles. The van der Waals surface area contributed by atoms with E-state index in [4.69, 9.17) is 0 Å². The van der Waals surface area contributed by atoms with Gasteiger partial charge in [0.25, 0.3) is 0 Å². The van der Waals surface area contributed by atoms with Crippen LogP contribution >= 0.6 is 0 Å². The Morgan fingerprint density at radius 3 is 0.812 bits per heavy atom. The van der Waals surface area contributed by atoms with E-state index in [9.17, 15) is 15.3 Å². The Bertz CT molecular complexity index is 58.5. The Morgan fingerprint density at radius 2 is 0.812 bits per heavy atom. The van der Waals surface area contributed by atoms with Crippen LogP contribution in [0.2, 0.25) is 0 Å². The normalized spacial score (nSPS) is 7.88. The van der Waals surface area contributed by atoms with Crippen molar-refractivity contribution in [3.63, 3.8) is 0 Å². The van der Waals surface area contributed by atoms with E-state index in [0.717, 1.165) is 38.5 Å². The maximum Gasteiger partial charge on any atom is 4.00 e. The topological polar surface area (TPSA) is 69.2 Å². The molecule has 0 amide bonds. The average molecular weight is 312 g/mol. The molecule has 16 heavy (non-hydrogen) atoms. The molecule has 0 saturated carbocycles. The number of hydrogen-bond acceptors (Lipinski definition) is 3. The molecule has 0 heterocycles. The van der Waals surface area contributed by atoms with Crippen LogP contribution < -0.4 is 15.3 Å². The minimum atomic E-state index is 0. The second kappa shape index (κ2) is 36.0. The molecule has 98 valence electrons. The molecule has 0 N–H and O–H groups in total. The minimum Gasteiger partial charge on any atom is -1.00 e. The first kappa shape index (κ1) is 25.6. The third kappa shape index (κ3) is 61.1. The summed E-state index contributed by atoms with van der Waals surface area (Å²) in [6.45, 7) is 6.32. The van der Waals surface area contributed by atoms with E-state index in [1.54, 1.807) is 0 Å². The zero-order chi connectivity index (χ0) is 12.4. The van der Waals surface area contributed by atoms with Crippen molar-refractivity contribution in [2.45, 2.75) is 59.3 Å². The van der Waals surface area contributed by atoms with Crippen LogP contribution in [0.5, 0.6) is 0 Å². The third-order valence-electron chi connectivity index (χ3n) is 1.49. The molecule has 0 bridgehead atoms. The first-order chi connectivity index (χ1) is 7.24. The molecular weight excluding hydrogens is 283 g/mol. The van der Waals surface area contributed by atoms with Crippen LogP contribution in [0.25, 0.3) is 0 Å². The van der Waals surface area contributed by atoms with E-state index in [1.807, 2.05) is 20.8 Å². The molecule has 0 saturated heterocycles. The van der Waals surface area contributed by atoms with E-state index in [0.29, 0.717) is 0 Å². The second-order valence-electron chi connectivity index (χ2n) is 3.17. The molecule has 0 fully saturated rings. The van der Waals surface area contributed by atoms with Crippen LogP contribution in [0.3, 0.4) is 0 Å². The largest absolute Gasteiger partial charge is 4.00 e. The van der Waals surface area contributed by atoms with E-state index < -0.39 is 0 Å². The van der Waals surface area contributed by atoms with Crippen LogP contribution in [0, 0.1) is 0 Å². The summed E-state index contributed by atoms with van der Waals surface area (Å²) < 4.78 is 0. The quantitative estimate of drug-likeness (QED) is 0.719. The van der Waals surface area contributed by atoms with Crippen molar-refractivity contribution in [3.8, 4) is 0 Å². The molecular formula is C12H28O3Zr. The molecule has 0 aliphatic rings. The summed E-state index contributed by atoms with van der Waals surface area (Å²) in [5.41, 5.74) is 0. The SMILES string of the molecule is CCCC[O-].CCCC[O-].CCCC[O-].[H-].[Zr+4]. The van der Waals surface area contributed by atoms with Crippen molar-refractivity contribution in [2.24, 2.45) is 0 Å². The first-order valence-corrected chi connectivity index (χ1v) is 5.99. The van der Waals surface area contributed by atoms with Crippen molar-refractivity contribution in [3.05, 3.63) is 0 Å². The first-order valence-electron chi connectivity index (χ1n) is 5.99. The van der Waals surface area contributed by atoms with Gasteiger partial charge in [-0.3, -0.25) is 0 Å². The number of rotatable bonds is 6. The van der Waals surface area contributed by atoms with E-state index >= 15 is 0 Å². The molecule has 0 rings (SSSR count). The van der Waals surface area contributed by atoms with Crippen molar-refractivity contribution in [1.82, 2.24) is 0 Å². The van der Waals surface area contributed by atoms with Crippen LogP contribution in [0.1, 0.15) is 60.7 Å². The zero-order valence-corrected chi connectivity index (χ0v) is 13.5. The van der Waals surface area contributed by atoms with Gasteiger partial charge in [-0.2, -0.15) is 0 Å². The van der Waals surface area contributed by atoms with Gasteiger partial charge in [-0.15, -0.1) is 19.8 Å². The van der Waals surface area contributed by atoms with E-state index in [-0.39, 0.29) is 47.5 Å². The van der Waals surface area contributed by atoms with Crippen LogP contribution in [0.15, 0.2) is 0 Å². The van der Waals surface area contributed by atoms with Gasteiger partial charge in [-0.25, -0.2) is 0 Å². The Morgan fingerprint density at radius 1 is 0.625 bits per heavy atom. The van der Waals surface area contributed by atoms with Gasteiger partial charge >= 0.3 is 26.2 Å². The van der Waals surface area contributed by atoms with Crippen molar-refractivity contribution < 1.29 is 42.9 Å². The van der Waals surface area contributed by atoms with Crippen molar-refractivity contribution >= 4 is 0 Å². The zero-order valence-electron chi connectivity index (χ0n) is 12.1. The summed E-state index contributed by atoms with van der Waals surface area (Å²) in [5, 5.41) is 28.6. The van der Waals surface area contributed by atoms with Gasteiger partial charge in [0.15, 0.2) is 0 Å². The third-order valence-corrected chi connectivity index (χ3v) is 1.49. The Balaban J connectivity index is -0.0000000400. The molecule has 0 atom stereocenters. The summed E-state index contributed by atoms with van der Waals surface area (Å²) >= 11 is 0. The van der Waals surface area contributed by atoms with Crippen molar-refractivity contribution in [2.75, 3.05) is 19.8 Å². The van der Waals surface area contributed by atoms with E-state index in [2.05, 4.69) is 0 Å². The predicted molar refractivity (Wildman–Crippen MR) is 60.4 cm³/mol. The van der Waals surface area contributed by atoms with Crippen LogP contribution in [0.4, 0.5) is 0 Å². The fourth-order valence-corrected chi connectivity index (χ4v) is 0.433. The fraction of sp³-hybridized carbons (Fsp3) is 1.00. The van der Waals surface area contributed by atoms with Gasteiger partial charge < -0.3 is 16.7 Å². The molecule has 4 heteroatoms. The van der Waals surface area contributed by atoms with Crippen molar-refractivity contribution in [1.29, 1.82) is 0 Å². The van der Waals surface area contributed by atoms with Gasteiger partial charge in [0.2, 0.25) is 0 Å². The molecule has 0 aromatic heterocycles. The number of unbranched alkanes of at least 4 members (excludes halogenated alkanes) is 3. The summed E-state index contributed by atoms with van der Waals surface area (Å²) in [6.07, 6.45) is 5.59. The Labute approximate surface area is 122 Å². The Hall–Kier alpha value is 0.763. The van der Waals surface area contributed by atoms with Gasteiger partial charge in [-0.05, 0) is 0 Å². The van der Waals surface area contributed by atoms with Crippen LogP contribution in [-0.4, -0.2) is 19.8 Å². The molecule has 3 nitrogen and oxygen atoms in total. The monoisotopic (exact) mass is 310 g/mol. The molecule has 0 spiro atoms. The standard InChI is InChI=1S/3C4H9O.Zr.H/c3*1-2-3-4-5;;/h3*2-4H2,1H3;;/q3*-1;+4;-1. The molecule has 0 radical (unpaired) electrons. The summed E-state index contributed by atoms with van der Waals surface area (Å²) in [5.74, 6) is 0. The molecule has 0 aromatic rings.